The second-order valence-electron chi connectivity index (χ2n) is 11.7. The molecule has 210 valence electrons. The standard InChI is InChI=1S/C28H41N3O7/c1-28(2,3)38-27(35)31-16-22(17-31)37-26(34)30-24(25(32)33)12-13-36-21-14-18(15-21)8-10-20-11-9-19-6-4-5-7-23(19)29-20/h9,11,18,21-22,24H,4-8,10,12-17H2,1-3H3,(H,30,34)(H,32,33). The predicted molar refractivity (Wildman–Crippen MR) is 139 cm³/mol. The van der Waals surface area contributed by atoms with Gasteiger partial charge in [0.15, 0.2) is 0 Å². The highest BCUT2D eigenvalue weighted by atomic mass is 16.6. The Hall–Kier alpha value is -2.88. The Morgan fingerprint density at radius 3 is 2.58 bits per heavy atom. The lowest BCUT2D eigenvalue weighted by molar-refractivity contribution is -0.140. The molecule has 10 heteroatoms. The van der Waals surface area contributed by atoms with Crippen LogP contribution >= 0.6 is 0 Å². The van der Waals surface area contributed by atoms with Gasteiger partial charge in [0.25, 0.3) is 0 Å². The predicted octanol–water partition coefficient (Wildman–Crippen LogP) is 3.88. The maximum atomic E-state index is 12.2. The normalized spacial score (nSPS) is 21.9. The average molecular weight is 532 g/mol. The molecule has 2 amide bonds. The maximum absolute atomic E-state index is 12.2. The molecule has 0 bridgehead atoms. The highest BCUT2D eigenvalue weighted by Gasteiger charge is 2.37. The largest absolute Gasteiger partial charge is 0.480 e. The van der Waals surface area contributed by atoms with Gasteiger partial charge in [0.2, 0.25) is 0 Å². The number of hydrogen-bond acceptors (Lipinski definition) is 7. The van der Waals surface area contributed by atoms with Crippen LogP contribution in [0, 0.1) is 5.92 Å². The fourth-order valence-corrected chi connectivity index (χ4v) is 5.09. The van der Waals surface area contributed by atoms with Gasteiger partial charge < -0.3 is 29.5 Å². The van der Waals surface area contributed by atoms with Crippen LogP contribution in [-0.2, 0) is 38.3 Å². The molecule has 10 nitrogen and oxygen atoms in total. The van der Waals surface area contributed by atoms with E-state index >= 15 is 0 Å². The van der Waals surface area contributed by atoms with Crippen LogP contribution in [0.4, 0.5) is 9.59 Å². The summed E-state index contributed by atoms with van der Waals surface area (Å²) in [6.45, 7) is 6.01. The number of nitrogens with one attached hydrogen (secondary N) is 1. The van der Waals surface area contributed by atoms with Gasteiger partial charge in [-0.25, -0.2) is 14.4 Å². The van der Waals surface area contributed by atoms with Gasteiger partial charge >= 0.3 is 18.2 Å². The smallest absolute Gasteiger partial charge is 0.410 e. The molecule has 1 unspecified atom stereocenters. The van der Waals surface area contributed by atoms with E-state index in [4.69, 9.17) is 19.2 Å². The molecule has 2 fully saturated rings. The van der Waals surface area contributed by atoms with E-state index in [1.807, 2.05) is 0 Å². The van der Waals surface area contributed by atoms with Crippen LogP contribution in [0.1, 0.15) is 76.2 Å². The number of amides is 2. The van der Waals surface area contributed by atoms with Gasteiger partial charge in [-0.05, 0) is 89.7 Å². The van der Waals surface area contributed by atoms with E-state index in [2.05, 4.69) is 17.4 Å². The zero-order chi connectivity index (χ0) is 27.3. The molecule has 1 saturated carbocycles. The summed E-state index contributed by atoms with van der Waals surface area (Å²) in [5, 5.41) is 11.9. The third-order valence-electron chi connectivity index (χ3n) is 7.36. The molecule has 1 saturated heterocycles. The number of aromatic nitrogens is 1. The van der Waals surface area contributed by atoms with Gasteiger partial charge in [-0.2, -0.15) is 0 Å². The third-order valence-corrected chi connectivity index (χ3v) is 7.36. The van der Waals surface area contributed by atoms with Crippen LogP contribution in [0.2, 0.25) is 0 Å². The topological polar surface area (TPSA) is 127 Å². The fourth-order valence-electron chi connectivity index (χ4n) is 5.09. The lowest BCUT2D eigenvalue weighted by Crippen LogP contribution is -2.57. The third kappa shape index (κ3) is 8.06. The molecule has 3 aliphatic rings. The van der Waals surface area contributed by atoms with Crippen molar-refractivity contribution >= 4 is 18.2 Å². The number of nitrogens with zero attached hydrogens (tertiary/aromatic N) is 2. The van der Waals surface area contributed by atoms with Crippen molar-refractivity contribution in [3.8, 4) is 0 Å². The van der Waals surface area contributed by atoms with Gasteiger partial charge in [-0.3, -0.25) is 4.98 Å². The second-order valence-corrected chi connectivity index (χ2v) is 11.7. The fraction of sp³-hybridized carbons (Fsp3) is 0.714. The van der Waals surface area contributed by atoms with Crippen LogP contribution in [0.25, 0.3) is 0 Å². The quantitative estimate of drug-likeness (QED) is 0.466. The Morgan fingerprint density at radius 2 is 1.87 bits per heavy atom. The van der Waals surface area contributed by atoms with Crippen molar-refractivity contribution in [2.45, 2.75) is 102 Å². The van der Waals surface area contributed by atoms with E-state index in [1.54, 1.807) is 20.8 Å². The van der Waals surface area contributed by atoms with Gasteiger partial charge in [-0.1, -0.05) is 6.07 Å². The first-order chi connectivity index (χ1) is 18.1. The SMILES string of the molecule is CC(C)(C)OC(=O)N1CC(OC(=O)NC(CCOC2CC(CCc3ccc4c(n3)CCCC4)C2)C(=O)O)C1. The number of aliphatic carboxylic acids is 1. The average Bonchev–Trinajstić information content (AvgIpc) is 2.79. The molecule has 1 aromatic rings. The summed E-state index contributed by atoms with van der Waals surface area (Å²) in [5.41, 5.74) is 3.27. The first-order valence-corrected chi connectivity index (χ1v) is 13.8. The number of aryl methyl sites for hydroxylation is 3. The van der Waals surface area contributed by atoms with Crippen molar-refractivity contribution in [1.82, 2.24) is 15.2 Å². The molecular weight excluding hydrogens is 490 g/mol. The number of likely N-dealkylation sites (tertiary alicyclic amines) is 1. The van der Waals surface area contributed by atoms with Gasteiger partial charge in [0.1, 0.15) is 17.7 Å². The number of ether oxygens (including phenoxy) is 3. The van der Waals surface area contributed by atoms with Crippen molar-refractivity contribution in [2.24, 2.45) is 5.92 Å². The Labute approximate surface area is 224 Å². The van der Waals surface area contributed by atoms with Crippen LogP contribution in [0.3, 0.4) is 0 Å². The van der Waals surface area contributed by atoms with E-state index in [0.717, 1.165) is 38.5 Å². The number of carbonyl (C=O) groups excluding carboxylic acids is 2. The maximum Gasteiger partial charge on any atom is 0.410 e. The van der Waals surface area contributed by atoms with Crippen molar-refractivity contribution < 1.29 is 33.7 Å². The number of carbonyl (C=O) groups is 3. The number of pyridine rings is 1. The highest BCUT2D eigenvalue weighted by molar-refractivity contribution is 5.80. The molecular formula is C28H41N3O7. The van der Waals surface area contributed by atoms with E-state index in [-0.39, 0.29) is 32.2 Å². The van der Waals surface area contributed by atoms with Gasteiger partial charge in [-0.15, -0.1) is 0 Å². The van der Waals surface area contributed by atoms with Crippen LogP contribution in [-0.4, -0.2) is 76.7 Å². The Bertz CT molecular complexity index is 997. The minimum absolute atomic E-state index is 0.131. The van der Waals surface area contributed by atoms with Crippen molar-refractivity contribution in [2.75, 3.05) is 19.7 Å². The number of fused-ring (bicyclic) bond motifs is 1. The summed E-state index contributed by atoms with van der Waals surface area (Å²) in [5.74, 6) is -0.539. The molecule has 1 aliphatic heterocycles. The Balaban J connectivity index is 1.08. The zero-order valence-electron chi connectivity index (χ0n) is 22.7. The number of carboxylic acids is 1. The molecule has 2 aliphatic carbocycles. The van der Waals surface area contributed by atoms with Crippen molar-refractivity contribution in [3.63, 3.8) is 0 Å². The Morgan fingerprint density at radius 1 is 1.13 bits per heavy atom. The summed E-state index contributed by atoms with van der Waals surface area (Å²) in [6.07, 6.45) is 7.26. The van der Waals surface area contributed by atoms with E-state index in [9.17, 15) is 19.5 Å². The molecule has 4 rings (SSSR count). The summed E-state index contributed by atoms with van der Waals surface area (Å²) in [4.78, 5) is 42.0. The number of alkyl carbamates (subject to hydrolysis) is 1. The second kappa shape index (κ2) is 12.3. The first kappa shape index (κ1) is 28.1. The highest BCUT2D eigenvalue weighted by Crippen LogP contribution is 2.34. The van der Waals surface area contributed by atoms with E-state index in [0.29, 0.717) is 5.92 Å². The first-order valence-electron chi connectivity index (χ1n) is 13.8. The van der Waals surface area contributed by atoms with E-state index < -0.39 is 35.9 Å². The Kier molecular flexibility index (Phi) is 9.12. The van der Waals surface area contributed by atoms with Crippen LogP contribution in [0.5, 0.6) is 0 Å². The van der Waals surface area contributed by atoms with Crippen LogP contribution < -0.4 is 5.32 Å². The molecule has 2 heterocycles. The monoisotopic (exact) mass is 531 g/mol. The van der Waals surface area contributed by atoms with Gasteiger partial charge in [0.05, 0.1) is 19.2 Å². The van der Waals surface area contributed by atoms with Crippen molar-refractivity contribution in [1.29, 1.82) is 0 Å². The van der Waals surface area contributed by atoms with Crippen LogP contribution in [0.15, 0.2) is 12.1 Å². The summed E-state index contributed by atoms with van der Waals surface area (Å²) in [7, 11) is 0. The molecule has 1 aromatic heterocycles. The summed E-state index contributed by atoms with van der Waals surface area (Å²) >= 11 is 0. The number of hydrogen-bond donors (Lipinski definition) is 2. The molecule has 2 N–H and O–H groups in total. The molecule has 0 aromatic carbocycles. The number of carboxylic acid groups (broad SMARTS) is 1. The summed E-state index contributed by atoms with van der Waals surface area (Å²) < 4.78 is 16.4. The molecule has 0 radical (unpaired) electrons. The lowest BCUT2D eigenvalue weighted by atomic mass is 9.79. The molecule has 1 atom stereocenters. The van der Waals surface area contributed by atoms with Crippen molar-refractivity contribution in [3.05, 3.63) is 29.1 Å². The minimum atomic E-state index is -1.14. The minimum Gasteiger partial charge on any atom is -0.480 e. The lowest BCUT2D eigenvalue weighted by Gasteiger charge is -2.39. The zero-order valence-corrected chi connectivity index (χ0v) is 22.7. The summed E-state index contributed by atoms with van der Waals surface area (Å²) in [6, 6.07) is 3.32. The van der Waals surface area contributed by atoms with Gasteiger partial charge in [0, 0.05) is 24.4 Å². The molecule has 38 heavy (non-hydrogen) atoms. The number of rotatable bonds is 10. The molecule has 0 spiro atoms. The van der Waals surface area contributed by atoms with E-state index in [1.165, 1.54) is 34.7 Å².